The number of ether oxygens (including phenoxy) is 2. The molecule has 1 aromatic carbocycles. The molecule has 124 valence electrons. The predicted molar refractivity (Wildman–Crippen MR) is 77.0 cm³/mol. The minimum absolute atomic E-state index is 0.327. The number of hydrogen-bond donors (Lipinski definition) is 0. The van der Waals surface area contributed by atoms with Gasteiger partial charge in [-0.1, -0.05) is 26.2 Å². The topological polar surface area (TPSA) is 38.8 Å². The summed E-state index contributed by atoms with van der Waals surface area (Å²) in [5, 5.41) is 0. The van der Waals surface area contributed by atoms with Crippen molar-refractivity contribution in [3.05, 3.63) is 24.3 Å². The van der Waals surface area contributed by atoms with Crippen LogP contribution in [0.4, 0.5) is 23.7 Å². The van der Waals surface area contributed by atoms with Crippen molar-refractivity contribution in [1.82, 2.24) is 0 Å². The van der Waals surface area contributed by atoms with E-state index < -0.39 is 12.5 Å². The molecule has 0 spiro atoms. The molecule has 0 bridgehead atoms. The average Bonchev–Trinajstić information content (AvgIpc) is 2.46. The molecule has 0 fully saturated rings. The first-order valence-electron chi connectivity index (χ1n) is 7.08. The molecule has 0 radical (unpaired) electrons. The zero-order chi connectivity index (χ0) is 16.6. The van der Waals surface area contributed by atoms with Crippen LogP contribution in [0, 0.1) is 0 Å². The second kappa shape index (κ2) is 8.51. The van der Waals surface area contributed by atoms with Crippen molar-refractivity contribution < 1.29 is 27.4 Å². The van der Waals surface area contributed by atoms with Crippen LogP contribution in [0.1, 0.15) is 32.6 Å². The first kappa shape index (κ1) is 18.1. The minimum atomic E-state index is -4.73. The highest BCUT2D eigenvalue weighted by Gasteiger charge is 2.31. The Morgan fingerprint density at radius 2 is 1.77 bits per heavy atom. The van der Waals surface area contributed by atoms with Crippen LogP contribution < -0.4 is 9.64 Å². The molecule has 1 amide bonds. The summed E-state index contributed by atoms with van der Waals surface area (Å²) < 4.78 is 44.9. The SMILES string of the molecule is CCCCCCN(C(=O)OC)c1ccc(OC(F)(F)F)cc1. The molecular weight excluding hydrogens is 299 g/mol. The van der Waals surface area contributed by atoms with Gasteiger partial charge in [0.25, 0.3) is 0 Å². The molecule has 1 rings (SSSR count). The van der Waals surface area contributed by atoms with Crippen molar-refractivity contribution in [2.45, 2.75) is 39.0 Å². The van der Waals surface area contributed by atoms with Gasteiger partial charge >= 0.3 is 12.5 Å². The van der Waals surface area contributed by atoms with Crippen molar-refractivity contribution in [1.29, 1.82) is 0 Å². The third kappa shape index (κ3) is 6.24. The fraction of sp³-hybridized carbons (Fsp3) is 0.533. The molecule has 0 aliphatic rings. The Kier molecular flexibility index (Phi) is 7.01. The number of carbonyl (C=O) groups excluding carboxylic acids is 1. The number of anilines is 1. The lowest BCUT2D eigenvalue weighted by atomic mass is 10.2. The van der Waals surface area contributed by atoms with Gasteiger partial charge in [0.15, 0.2) is 0 Å². The molecule has 7 heteroatoms. The Bertz CT molecular complexity index is 460. The summed E-state index contributed by atoms with van der Waals surface area (Å²) in [5.41, 5.74) is 0.470. The van der Waals surface area contributed by atoms with E-state index in [2.05, 4.69) is 11.7 Å². The molecule has 0 atom stereocenters. The molecule has 0 saturated heterocycles. The monoisotopic (exact) mass is 319 g/mol. The maximum Gasteiger partial charge on any atom is 0.573 e. The molecule has 0 aliphatic heterocycles. The highest BCUT2D eigenvalue weighted by molar-refractivity contribution is 5.87. The molecule has 0 N–H and O–H groups in total. The third-order valence-electron chi connectivity index (χ3n) is 3.01. The Morgan fingerprint density at radius 3 is 2.27 bits per heavy atom. The Hall–Kier alpha value is -1.92. The van der Waals surface area contributed by atoms with Gasteiger partial charge in [0.1, 0.15) is 5.75 Å². The standard InChI is InChI=1S/C15H20F3NO3/c1-3-4-5-6-11-19(14(20)21-2)12-7-9-13(10-8-12)22-15(16,17)18/h7-10H,3-6,11H2,1-2H3. The second-order valence-electron chi connectivity index (χ2n) is 4.72. The van der Waals surface area contributed by atoms with Crippen molar-refractivity contribution in [2.24, 2.45) is 0 Å². The van der Waals surface area contributed by atoms with Gasteiger partial charge in [-0.25, -0.2) is 4.79 Å². The molecule has 4 nitrogen and oxygen atoms in total. The summed E-state index contributed by atoms with van der Waals surface area (Å²) in [6, 6.07) is 5.14. The molecule has 0 saturated carbocycles. The van der Waals surface area contributed by atoms with E-state index in [0.717, 1.165) is 25.7 Å². The van der Waals surface area contributed by atoms with E-state index in [1.54, 1.807) is 0 Å². The van der Waals surface area contributed by atoms with Crippen LogP contribution in [0.5, 0.6) is 5.75 Å². The van der Waals surface area contributed by atoms with E-state index in [-0.39, 0.29) is 5.75 Å². The van der Waals surface area contributed by atoms with E-state index in [1.807, 2.05) is 0 Å². The smallest absolute Gasteiger partial charge is 0.452 e. The molecule has 0 unspecified atom stereocenters. The molecular formula is C15H20F3NO3. The molecule has 0 aromatic heterocycles. The van der Waals surface area contributed by atoms with Gasteiger partial charge in [0.05, 0.1) is 7.11 Å². The van der Waals surface area contributed by atoms with Gasteiger partial charge in [-0.15, -0.1) is 13.2 Å². The lowest BCUT2D eigenvalue weighted by Gasteiger charge is -2.21. The number of alkyl halides is 3. The van der Waals surface area contributed by atoms with Crippen molar-refractivity contribution in [3.8, 4) is 5.75 Å². The maximum absolute atomic E-state index is 12.1. The van der Waals surface area contributed by atoms with Crippen LogP contribution in [0.2, 0.25) is 0 Å². The van der Waals surface area contributed by atoms with Gasteiger partial charge in [-0.2, -0.15) is 0 Å². The third-order valence-corrected chi connectivity index (χ3v) is 3.01. The van der Waals surface area contributed by atoms with E-state index in [0.29, 0.717) is 12.2 Å². The van der Waals surface area contributed by atoms with Gasteiger partial charge < -0.3 is 9.47 Å². The number of nitrogens with zero attached hydrogens (tertiary/aromatic N) is 1. The number of carbonyl (C=O) groups is 1. The van der Waals surface area contributed by atoms with E-state index in [1.165, 1.54) is 36.3 Å². The van der Waals surface area contributed by atoms with Crippen LogP contribution in [-0.4, -0.2) is 26.1 Å². The highest BCUT2D eigenvalue weighted by atomic mass is 19.4. The maximum atomic E-state index is 12.1. The Balaban J connectivity index is 2.75. The molecule has 1 aromatic rings. The summed E-state index contributed by atoms with van der Waals surface area (Å²) in [6.45, 7) is 2.53. The Morgan fingerprint density at radius 1 is 1.14 bits per heavy atom. The number of halogens is 3. The Labute approximate surface area is 127 Å². The van der Waals surface area contributed by atoms with Crippen LogP contribution in [-0.2, 0) is 4.74 Å². The largest absolute Gasteiger partial charge is 0.573 e. The lowest BCUT2D eigenvalue weighted by molar-refractivity contribution is -0.274. The van der Waals surface area contributed by atoms with Crippen molar-refractivity contribution in [3.63, 3.8) is 0 Å². The number of hydrogen-bond acceptors (Lipinski definition) is 3. The molecule has 0 aliphatic carbocycles. The van der Waals surface area contributed by atoms with Gasteiger partial charge in [-0.05, 0) is 30.7 Å². The first-order chi connectivity index (χ1) is 10.4. The zero-order valence-electron chi connectivity index (χ0n) is 12.7. The number of rotatable bonds is 7. The summed E-state index contributed by atoms with van der Waals surface area (Å²) in [5.74, 6) is -0.327. The summed E-state index contributed by atoms with van der Waals surface area (Å²) in [7, 11) is 1.27. The van der Waals surface area contributed by atoms with Gasteiger partial charge in [-0.3, -0.25) is 4.90 Å². The zero-order valence-corrected chi connectivity index (χ0v) is 12.7. The number of benzene rings is 1. The van der Waals surface area contributed by atoms with Crippen LogP contribution in [0.3, 0.4) is 0 Å². The summed E-state index contributed by atoms with van der Waals surface area (Å²) >= 11 is 0. The van der Waals surface area contributed by atoms with Crippen molar-refractivity contribution >= 4 is 11.8 Å². The van der Waals surface area contributed by atoms with E-state index in [4.69, 9.17) is 4.74 Å². The van der Waals surface area contributed by atoms with Crippen LogP contribution in [0.15, 0.2) is 24.3 Å². The number of amides is 1. The predicted octanol–water partition coefficient (Wildman–Crippen LogP) is 4.74. The van der Waals surface area contributed by atoms with Gasteiger partial charge in [0.2, 0.25) is 0 Å². The fourth-order valence-corrected chi connectivity index (χ4v) is 1.96. The fourth-order valence-electron chi connectivity index (χ4n) is 1.96. The normalized spacial score (nSPS) is 11.1. The van der Waals surface area contributed by atoms with Crippen LogP contribution in [0.25, 0.3) is 0 Å². The number of unbranched alkanes of at least 4 members (excludes halogenated alkanes) is 3. The van der Waals surface area contributed by atoms with Crippen molar-refractivity contribution in [2.75, 3.05) is 18.6 Å². The highest BCUT2D eigenvalue weighted by Crippen LogP contribution is 2.25. The van der Waals surface area contributed by atoms with E-state index >= 15 is 0 Å². The first-order valence-corrected chi connectivity index (χ1v) is 7.08. The van der Waals surface area contributed by atoms with Gasteiger partial charge in [0, 0.05) is 12.2 Å². The lowest BCUT2D eigenvalue weighted by Crippen LogP contribution is -2.31. The molecule has 22 heavy (non-hydrogen) atoms. The summed E-state index contributed by atoms with van der Waals surface area (Å²) in [6.07, 6.45) is -1.37. The summed E-state index contributed by atoms with van der Waals surface area (Å²) in [4.78, 5) is 13.2. The van der Waals surface area contributed by atoms with E-state index in [9.17, 15) is 18.0 Å². The number of methoxy groups -OCH3 is 1. The minimum Gasteiger partial charge on any atom is -0.452 e. The molecule has 0 heterocycles. The quantitative estimate of drug-likeness (QED) is 0.681. The second-order valence-corrected chi connectivity index (χ2v) is 4.72. The average molecular weight is 319 g/mol. The van der Waals surface area contributed by atoms with Crippen LogP contribution >= 0.6 is 0 Å².